The van der Waals surface area contributed by atoms with E-state index in [1.807, 2.05) is 31.2 Å². The summed E-state index contributed by atoms with van der Waals surface area (Å²) in [7, 11) is 0. The molecule has 0 amide bonds. The molecule has 0 aliphatic heterocycles. The van der Waals surface area contributed by atoms with Crippen molar-refractivity contribution >= 4 is 23.0 Å². The van der Waals surface area contributed by atoms with Crippen LogP contribution in [0.15, 0.2) is 24.3 Å². The molecule has 94 valence electrons. The zero-order valence-corrected chi connectivity index (χ0v) is 10.1. The fourth-order valence-electron chi connectivity index (χ4n) is 1.69. The third kappa shape index (κ3) is 2.71. The molecule has 18 heavy (non-hydrogen) atoms. The van der Waals surface area contributed by atoms with Crippen molar-refractivity contribution in [1.29, 1.82) is 0 Å². The van der Waals surface area contributed by atoms with E-state index in [0.717, 1.165) is 6.42 Å². The Bertz CT molecular complexity index is 559. The Balaban J connectivity index is 2.34. The molecule has 2 rings (SSSR count). The van der Waals surface area contributed by atoms with E-state index in [0.29, 0.717) is 23.5 Å². The van der Waals surface area contributed by atoms with Gasteiger partial charge >= 0.3 is 5.97 Å². The second-order valence-electron chi connectivity index (χ2n) is 3.92. The fraction of sp³-hybridized carbons (Fsp3) is 0.333. The lowest BCUT2D eigenvalue weighted by molar-refractivity contribution is -0.135. The summed E-state index contributed by atoms with van der Waals surface area (Å²) in [6.45, 7) is 2.45. The molecule has 1 aromatic heterocycles. The highest BCUT2D eigenvalue weighted by Gasteiger charge is 2.13. The molecular weight excluding hydrogens is 232 g/mol. The monoisotopic (exact) mass is 246 g/mol. The molecule has 0 saturated heterocycles. The Morgan fingerprint density at radius 3 is 2.67 bits per heavy atom. The zero-order valence-electron chi connectivity index (χ0n) is 10.1. The number of anilines is 1. The summed E-state index contributed by atoms with van der Waals surface area (Å²) in [5.74, 6) is -0.543. The molecule has 0 aliphatic carbocycles. The normalized spacial score (nSPS) is 10.5. The molecule has 1 aromatic carbocycles. The lowest BCUT2D eigenvalue weighted by atomic mass is 10.3. The van der Waals surface area contributed by atoms with Gasteiger partial charge in [0.15, 0.2) is 0 Å². The van der Waals surface area contributed by atoms with Crippen LogP contribution in [0, 0.1) is 0 Å². The number of carboxylic acids is 1. The smallest absolute Gasteiger partial charge is 0.323 e. The fourth-order valence-corrected chi connectivity index (χ4v) is 1.69. The summed E-state index contributed by atoms with van der Waals surface area (Å²) in [6.07, 6.45) is 0.823. The summed E-state index contributed by atoms with van der Waals surface area (Å²) in [5, 5.41) is 16.9. The zero-order chi connectivity index (χ0) is 13.0. The van der Waals surface area contributed by atoms with E-state index in [2.05, 4.69) is 15.2 Å². The Morgan fingerprint density at radius 2 is 2.00 bits per heavy atom. The van der Waals surface area contributed by atoms with Gasteiger partial charge in [0.2, 0.25) is 5.95 Å². The molecule has 0 saturated carbocycles. The maximum atomic E-state index is 10.8. The molecule has 1 heterocycles. The molecule has 0 radical (unpaired) electrons. The van der Waals surface area contributed by atoms with Crippen LogP contribution in [0.5, 0.6) is 0 Å². The van der Waals surface area contributed by atoms with Gasteiger partial charge in [0.1, 0.15) is 12.1 Å². The molecule has 6 nitrogen and oxygen atoms in total. The van der Waals surface area contributed by atoms with Crippen LogP contribution < -0.4 is 4.90 Å². The number of aromatic nitrogens is 3. The highest BCUT2D eigenvalue weighted by molar-refractivity contribution is 5.76. The van der Waals surface area contributed by atoms with Crippen molar-refractivity contribution in [3.8, 4) is 0 Å². The number of carbonyl (C=O) groups is 1. The predicted octanol–water partition coefficient (Wildman–Crippen LogP) is 1.33. The number of hydrogen-bond donors (Lipinski definition) is 1. The Morgan fingerprint density at radius 1 is 1.28 bits per heavy atom. The summed E-state index contributed by atoms with van der Waals surface area (Å²) in [5.41, 5.74) is 1.42. The quantitative estimate of drug-likeness (QED) is 0.857. The van der Waals surface area contributed by atoms with Crippen molar-refractivity contribution in [2.24, 2.45) is 0 Å². The van der Waals surface area contributed by atoms with Crippen molar-refractivity contribution in [2.45, 2.75) is 13.3 Å². The van der Waals surface area contributed by atoms with Gasteiger partial charge in [-0.15, -0.1) is 10.2 Å². The molecule has 6 heteroatoms. The van der Waals surface area contributed by atoms with Gasteiger partial charge in [-0.1, -0.05) is 19.1 Å². The van der Waals surface area contributed by atoms with E-state index in [1.165, 1.54) is 0 Å². The van der Waals surface area contributed by atoms with Gasteiger partial charge in [-0.2, -0.15) is 0 Å². The van der Waals surface area contributed by atoms with Gasteiger partial charge < -0.3 is 10.0 Å². The summed E-state index contributed by atoms with van der Waals surface area (Å²) in [4.78, 5) is 16.8. The summed E-state index contributed by atoms with van der Waals surface area (Å²) >= 11 is 0. The maximum Gasteiger partial charge on any atom is 0.323 e. The van der Waals surface area contributed by atoms with E-state index in [-0.39, 0.29) is 6.54 Å². The second-order valence-corrected chi connectivity index (χ2v) is 3.92. The van der Waals surface area contributed by atoms with Crippen LogP contribution in [-0.4, -0.2) is 39.3 Å². The average Bonchev–Trinajstić information content (AvgIpc) is 2.37. The molecule has 1 N–H and O–H groups in total. The van der Waals surface area contributed by atoms with Crippen LogP contribution in [0.1, 0.15) is 13.3 Å². The minimum atomic E-state index is -0.903. The number of fused-ring (bicyclic) bond motifs is 1. The third-order valence-electron chi connectivity index (χ3n) is 2.45. The molecule has 0 spiro atoms. The van der Waals surface area contributed by atoms with E-state index in [9.17, 15) is 4.79 Å². The minimum absolute atomic E-state index is 0.117. The van der Waals surface area contributed by atoms with Crippen molar-refractivity contribution < 1.29 is 9.90 Å². The van der Waals surface area contributed by atoms with E-state index in [4.69, 9.17) is 5.11 Å². The van der Waals surface area contributed by atoms with Crippen LogP contribution in [0.25, 0.3) is 11.0 Å². The summed E-state index contributed by atoms with van der Waals surface area (Å²) < 4.78 is 0. The molecule has 0 unspecified atom stereocenters. The SMILES string of the molecule is CCCN(CC(=O)O)c1nnc2ccccc2n1. The molecule has 0 atom stereocenters. The average molecular weight is 246 g/mol. The third-order valence-corrected chi connectivity index (χ3v) is 2.45. The Hall–Kier alpha value is -2.24. The summed E-state index contributed by atoms with van der Waals surface area (Å²) in [6, 6.07) is 7.38. The van der Waals surface area contributed by atoms with Gasteiger partial charge in [0.25, 0.3) is 0 Å². The predicted molar refractivity (Wildman–Crippen MR) is 67.5 cm³/mol. The van der Waals surface area contributed by atoms with Crippen LogP contribution in [0.2, 0.25) is 0 Å². The van der Waals surface area contributed by atoms with Crippen molar-refractivity contribution in [1.82, 2.24) is 15.2 Å². The maximum absolute atomic E-state index is 10.8. The highest BCUT2D eigenvalue weighted by atomic mass is 16.4. The van der Waals surface area contributed by atoms with Crippen LogP contribution in [0.3, 0.4) is 0 Å². The van der Waals surface area contributed by atoms with Crippen LogP contribution in [-0.2, 0) is 4.79 Å². The lowest BCUT2D eigenvalue weighted by Crippen LogP contribution is -2.32. The molecule has 0 bridgehead atoms. The minimum Gasteiger partial charge on any atom is -0.480 e. The lowest BCUT2D eigenvalue weighted by Gasteiger charge is -2.19. The van der Waals surface area contributed by atoms with E-state index in [1.54, 1.807) is 4.90 Å². The molecule has 0 aliphatic rings. The number of aliphatic carboxylic acids is 1. The first kappa shape index (κ1) is 12.2. The topological polar surface area (TPSA) is 79.2 Å². The number of nitrogens with zero attached hydrogens (tertiary/aromatic N) is 4. The Kier molecular flexibility index (Phi) is 3.66. The van der Waals surface area contributed by atoms with Gasteiger partial charge in [-0.3, -0.25) is 4.79 Å². The first-order chi connectivity index (χ1) is 8.70. The van der Waals surface area contributed by atoms with Gasteiger partial charge in [-0.25, -0.2) is 4.98 Å². The van der Waals surface area contributed by atoms with Gasteiger partial charge in [-0.05, 0) is 18.6 Å². The number of para-hydroxylation sites is 1. The molecule has 2 aromatic rings. The van der Waals surface area contributed by atoms with Crippen molar-refractivity contribution in [3.05, 3.63) is 24.3 Å². The number of benzene rings is 1. The molecule has 0 fully saturated rings. The van der Waals surface area contributed by atoms with Crippen molar-refractivity contribution in [3.63, 3.8) is 0 Å². The first-order valence-electron chi connectivity index (χ1n) is 5.77. The number of rotatable bonds is 5. The first-order valence-corrected chi connectivity index (χ1v) is 5.77. The highest BCUT2D eigenvalue weighted by Crippen LogP contribution is 2.12. The van der Waals surface area contributed by atoms with Gasteiger partial charge in [0.05, 0.1) is 5.52 Å². The number of hydrogen-bond acceptors (Lipinski definition) is 5. The van der Waals surface area contributed by atoms with Crippen molar-refractivity contribution in [2.75, 3.05) is 18.0 Å². The van der Waals surface area contributed by atoms with E-state index < -0.39 is 5.97 Å². The molecular formula is C12H14N4O2. The largest absolute Gasteiger partial charge is 0.480 e. The van der Waals surface area contributed by atoms with Gasteiger partial charge in [0, 0.05) is 6.54 Å². The van der Waals surface area contributed by atoms with E-state index >= 15 is 0 Å². The van der Waals surface area contributed by atoms with Crippen LogP contribution >= 0.6 is 0 Å². The number of carboxylic acid groups (broad SMARTS) is 1. The second kappa shape index (κ2) is 5.39. The Labute approximate surface area is 104 Å². The standard InChI is InChI=1S/C12H14N4O2/c1-2-7-16(8-11(17)18)12-13-9-5-3-4-6-10(9)14-15-12/h3-6H,2,7-8H2,1H3,(H,17,18). The van der Waals surface area contributed by atoms with Crippen LogP contribution in [0.4, 0.5) is 5.95 Å².